The Kier molecular flexibility index (Phi) is 4.17. The van der Waals surface area contributed by atoms with Crippen LogP contribution in [0.25, 0.3) is 27.9 Å². The van der Waals surface area contributed by atoms with Gasteiger partial charge < -0.3 is 9.73 Å². The van der Waals surface area contributed by atoms with Gasteiger partial charge in [-0.25, -0.2) is 9.78 Å². The molecule has 0 aliphatic rings. The zero-order valence-electron chi connectivity index (χ0n) is 16.1. The highest BCUT2D eigenvalue weighted by Crippen LogP contribution is 2.29. The van der Waals surface area contributed by atoms with Gasteiger partial charge in [0.25, 0.3) is 5.91 Å². The molecule has 0 spiro atoms. The number of benzene rings is 2. The van der Waals surface area contributed by atoms with E-state index in [0.717, 1.165) is 11.1 Å². The molecule has 0 atom stereocenters. The molecule has 0 unspecified atom stereocenters. The Balaban J connectivity index is 1.64. The van der Waals surface area contributed by atoms with Crippen LogP contribution in [0, 0.1) is 6.92 Å². The number of carbonyl (C=O) groups is 1. The minimum Gasteiger partial charge on any atom is -0.422 e. The quantitative estimate of drug-likeness (QED) is 0.451. The van der Waals surface area contributed by atoms with Crippen LogP contribution in [0.4, 0.5) is 5.82 Å². The van der Waals surface area contributed by atoms with Gasteiger partial charge in [0.15, 0.2) is 0 Å². The molecule has 1 amide bonds. The summed E-state index contributed by atoms with van der Waals surface area (Å²) in [5.74, 6) is -0.0529. The summed E-state index contributed by atoms with van der Waals surface area (Å²) in [7, 11) is 0. The van der Waals surface area contributed by atoms with Crippen LogP contribution in [-0.2, 0) is 0 Å². The smallest absolute Gasteiger partial charge is 0.349 e. The number of anilines is 1. The fraction of sp³-hybridized carbons (Fsp3) is 0.0417. The lowest BCUT2D eigenvalue weighted by Gasteiger charge is -2.08. The van der Waals surface area contributed by atoms with Gasteiger partial charge in [-0.3, -0.25) is 9.20 Å². The topological polar surface area (TPSA) is 76.6 Å². The molecule has 6 nitrogen and oxygen atoms in total. The molecule has 0 aliphatic heterocycles. The van der Waals surface area contributed by atoms with Crippen LogP contribution in [-0.4, -0.2) is 15.3 Å². The van der Waals surface area contributed by atoms with E-state index < -0.39 is 11.5 Å². The maximum atomic E-state index is 13.1. The lowest BCUT2D eigenvalue weighted by Crippen LogP contribution is -2.21. The van der Waals surface area contributed by atoms with E-state index in [9.17, 15) is 9.59 Å². The van der Waals surface area contributed by atoms with Gasteiger partial charge in [0.1, 0.15) is 28.3 Å². The molecule has 30 heavy (non-hydrogen) atoms. The van der Waals surface area contributed by atoms with Crippen molar-refractivity contribution in [1.29, 1.82) is 0 Å². The third-order valence-electron chi connectivity index (χ3n) is 4.95. The van der Waals surface area contributed by atoms with E-state index in [2.05, 4.69) is 5.32 Å². The molecule has 0 aliphatic carbocycles. The summed E-state index contributed by atoms with van der Waals surface area (Å²) in [5, 5.41) is 3.55. The van der Waals surface area contributed by atoms with Crippen molar-refractivity contribution in [2.24, 2.45) is 0 Å². The van der Waals surface area contributed by atoms with Crippen molar-refractivity contribution in [3.05, 3.63) is 101 Å². The molecular formula is C24H17N3O3. The van der Waals surface area contributed by atoms with E-state index >= 15 is 0 Å². The Morgan fingerprint density at radius 2 is 1.77 bits per heavy atom. The highest BCUT2D eigenvalue weighted by atomic mass is 16.4. The summed E-state index contributed by atoms with van der Waals surface area (Å²) < 4.78 is 7.11. The standard InChI is InChI=1S/C24H17N3O3/c1-15-11-12-27-20(13-15)25-21(16-7-3-2-4-8-16)22(27)26-23(28)18-14-17-9-5-6-10-19(17)30-24(18)29/h2-14H,1H3,(H,26,28). The van der Waals surface area contributed by atoms with Crippen LogP contribution < -0.4 is 10.9 Å². The summed E-state index contributed by atoms with van der Waals surface area (Å²) in [6.07, 6.45) is 1.85. The number of carbonyl (C=O) groups excluding carboxylic acids is 1. The molecule has 3 aromatic heterocycles. The molecule has 1 N–H and O–H groups in total. The van der Waals surface area contributed by atoms with Crippen molar-refractivity contribution in [3.8, 4) is 11.3 Å². The van der Waals surface area contributed by atoms with E-state index in [1.165, 1.54) is 0 Å². The third-order valence-corrected chi connectivity index (χ3v) is 4.95. The molecule has 0 fully saturated rings. The van der Waals surface area contributed by atoms with Crippen LogP contribution in [0.1, 0.15) is 15.9 Å². The molecule has 3 heterocycles. The number of nitrogens with one attached hydrogen (secondary N) is 1. The maximum absolute atomic E-state index is 13.1. The van der Waals surface area contributed by atoms with Crippen molar-refractivity contribution in [2.75, 3.05) is 5.32 Å². The zero-order valence-corrected chi connectivity index (χ0v) is 16.1. The van der Waals surface area contributed by atoms with Crippen molar-refractivity contribution >= 4 is 28.3 Å². The molecular weight excluding hydrogens is 378 g/mol. The lowest BCUT2D eigenvalue weighted by atomic mass is 10.1. The van der Waals surface area contributed by atoms with Crippen molar-refractivity contribution in [3.63, 3.8) is 0 Å². The molecule has 5 rings (SSSR count). The van der Waals surface area contributed by atoms with Gasteiger partial charge >= 0.3 is 5.63 Å². The summed E-state index contributed by atoms with van der Waals surface area (Å²) in [5.41, 5.74) is 2.94. The van der Waals surface area contributed by atoms with Gasteiger partial charge in [0.05, 0.1) is 0 Å². The van der Waals surface area contributed by atoms with Gasteiger partial charge in [0, 0.05) is 17.1 Å². The number of rotatable bonds is 3. The van der Waals surface area contributed by atoms with E-state index in [0.29, 0.717) is 28.1 Å². The Morgan fingerprint density at radius 1 is 1.00 bits per heavy atom. The first kappa shape index (κ1) is 17.9. The second-order valence-corrected chi connectivity index (χ2v) is 7.05. The third kappa shape index (κ3) is 3.04. The first-order chi connectivity index (χ1) is 14.6. The number of aromatic nitrogens is 2. The van der Waals surface area contributed by atoms with Gasteiger partial charge in [0.2, 0.25) is 0 Å². The number of fused-ring (bicyclic) bond motifs is 2. The lowest BCUT2D eigenvalue weighted by molar-refractivity contribution is 0.102. The van der Waals surface area contributed by atoms with E-state index in [1.807, 2.05) is 61.7 Å². The predicted octanol–water partition coefficient (Wildman–Crippen LogP) is 4.67. The number of para-hydroxylation sites is 1. The predicted molar refractivity (Wildman–Crippen MR) is 116 cm³/mol. The van der Waals surface area contributed by atoms with E-state index in [4.69, 9.17) is 9.40 Å². The van der Waals surface area contributed by atoms with Crippen LogP contribution >= 0.6 is 0 Å². The Bertz CT molecular complexity index is 1470. The minimum absolute atomic E-state index is 0.0604. The highest BCUT2D eigenvalue weighted by Gasteiger charge is 2.20. The number of nitrogens with zero attached hydrogens (tertiary/aromatic N) is 2. The second-order valence-electron chi connectivity index (χ2n) is 7.05. The van der Waals surface area contributed by atoms with Gasteiger partial charge in [-0.1, -0.05) is 48.5 Å². The molecule has 146 valence electrons. The molecule has 2 aromatic carbocycles. The fourth-order valence-corrected chi connectivity index (χ4v) is 3.46. The van der Waals surface area contributed by atoms with Gasteiger partial charge in [-0.05, 0) is 36.8 Å². The van der Waals surface area contributed by atoms with E-state index in [1.54, 1.807) is 28.7 Å². The average molecular weight is 395 g/mol. The van der Waals surface area contributed by atoms with Crippen LogP contribution in [0.15, 0.2) is 88.2 Å². The Labute approximate surface area is 171 Å². The number of hydrogen-bond donors (Lipinski definition) is 1. The monoisotopic (exact) mass is 395 g/mol. The minimum atomic E-state index is -0.683. The summed E-state index contributed by atoms with van der Waals surface area (Å²) in [6.45, 7) is 1.98. The largest absolute Gasteiger partial charge is 0.422 e. The van der Waals surface area contributed by atoms with Crippen molar-refractivity contribution in [1.82, 2.24) is 9.38 Å². The molecule has 5 aromatic rings. The molecule has 6 heteroatoms. The number of aryl methyl sites for hydroxylation is 1. The Morgan fingerprint density at radius 3 is 2.60 bits per heavy atom. The maximum Gasteiger partial charge on any atom is 0.349 e. The normalized spacial score (nSPS) is 11.1. The number of pyridine rings is 1. The number of amides is 1. The first-order valence-electron chi connectivity index (χ1n) is 9.48. The highest BCUT2D eigenvalue weighted by molar-refractivity contribution is 6.06. The molecule has 0 bridgehead atoms. The molecule has 0 radical (unpaired) electrons. The zero-order chi connectivity index (χ0) is 20.7. The summed E-state index contributed by atoms with van der Waals surface area (Å²) in [4.78, 5) is 30.2. The molecule has 0 saturated heterocycles. The van der Waals surface area contributed by atoms with Gasteiger partial charge in [-0.2, -0.15) is 0 Å². The molecule has 0 saturated carbocycles. The Hall–Kier alpha value is -4.19. The summed E-state index contributed by atoms with van der Waals surface area (Å²) in [6, 6.07) is 22.1. The van der Waals surface area contributed by atoms with Crippen LogP contribution in [0.3, 0.4) is 0 Å². The van der Waals surface area contributed by atoms with Crippen molar-refractivity contribution < 1.29 is 9.21 Å². The number of hydrogen-bond acceptors (Lipinski definition) is 4. The van der Waals surface area contributed by atoms with Gasteiger partial charge in [-0.15, -0.1) is 0 Å². The summed E-state index contributed by atoms with van der Waals surface area (Å²) >= 11 is 0. The van der Waals surface area contributed by atoms with E-state index in [-0.39, 0.29) is 5.56 Å². The second kappa shape index (κ2) is 7.00. The number of imidazole rings is 1. The fourth-order valence-electron chi connectivity index (χ4n) is 3.46. The SMILES string of the molecule is Cc1ccn2c(NC(=O)c3cc4ccccc4oc3=O)c(-c3ccccc3)nc2c1. The average Bonchev–Trinajstić information content (AvgIpc) is 3.11. The van der Waals surface area contributed by atoms with Crippen LogP contribution in [0.5, 0.6) is 0 Å². The van der Waals surface area contributed by atoms with Crippen LogP contribution in [0.2, 0.25) is 0 Å². The van der Waals surface area contributed by atoms with Crippen molar-refractivity contribution in [2.45, 2.75) is 6.92 Å². The first-order valence-corrected chi connectivity index (χ1v) is 9.48.